The summed E-state index contributed by atoms with van der Waals surface area (Å²) in [5, 5.41) is 0. The summed E-state index contributed by atoms with van der Waals surface area (Å²) in [5.74, 6) is 2.60. The molecular formula is C20H23FN2O. The number of aliphatic imine (C=N–C) groups is 1. The molecule has 2 aliphatic carbocycles. The van der Waals surface area contributed by atoms with Gasteiger partial charge in [0.2, 0.25) is 0 Å². The summed E-state index contributed by atoms with van der Waals surface area (Å²) in [6.07, 6.45) is 8.13. The highest BCUT2D eigenvalue weighted by atomic mass is 19.1. The van der Waals surface area contributed by atoms with Crippen molar-refractivity contribution in [2.45, 2.75) is 30.7 Å². The highest BCUT2D eigenvalue weighted by Gasteiger charge is 2.58. The van der Waals surface area contributed by atoms with Crippen LogP contribution in [-0.4, -0.2) is 42.6 Å². The van der Waals surface area contributed by atoms with E-state index < -0.39 is 0 Å². The first kappa shape index (κ1) is 14.6. The number of benzene rings is 1. The van der Waals surface area contributed by atoms with E-state index in [1.54, 1.807) is 12.1 Å². The molecule has 4 aliphatic rings. The van der Waals surface area contributed by atoms with Crippen molar-refractivity contribution >= 4 is 5.84 Å². The van der Waals surface area contributed by atoms with Crippen LogP contribution in [0.5, 0.6) is 0 Å². The number of hydrogen-bond acceptors (Lipinski definition) is 3. The fraction of sp³-hybridized carbons (Fsp3) is 0.550. The SMILES string of the molecule is Fc1ccc(C2C3C=CC(C3)C23CCC(N2CCOCC2)=N3)cc1. The third-order valence-electron chi connectivity index (χ3n) is 6.42. The maximum absolute atomic E-state index is 13.4. The zero-order chi connectivity index (χ0) is 16.1. The molecule has 24 heavy (non-hydrogen) atoms. The van der Waals surface area contributed by atoms with Gasteiger partial charge < -0.3 is 9.64 Å². The normalized spacial score (nSPS) is 37.5. The molecule has 1 aromatic rings. The van der Waals surface area contributed by atoms with Crippen LogP contribution in [0.2, 0.25) is 0 Å². The number of nitrogens with zero attached hydrogens (tertiary/aromatic N) is 2. The van der Waals surface area contributed by atoms with Crippen LogP contribution in [-0.2, 0) is 4.74 Å². The maximum atomic E-state index is 13.4. The van der Waals surface area contributed by atoms with Gasteiger partial charge in [-0.05, 0) is 36.5 Å². The van der Waals surface area contributed by atoms with E-state index in [9.17, 15) is 4.39 Å². The Morgan fingerprint density at radius 2 is 1.92 bits per heavy atom. The molecule has 4 atom stereocenters. The summed E-state index contributed by atoms with van der Waals surface area (Å²) in [7, 11) is 0. The number of hydrogen-bond donors (Lipinski definition) is 0. The van der Waals surface area contributed by atoms with Gasteiger partial charge in [0, 0.05) is 31.3 Å². The second-order valence-electron chi connectivity index (χ2n) is 7.54. The molecule has 1 saturated heterocycles. The molecule has 2 aliphatic heterocycles. The first-order chi connectivity index (χ1) is 11.8. The Balaban J connectivity index is 1.52. The lowest BCUT2D eigenvalue weighted by Crippen LogP contribution is -2.40. The number of ether oxygens (including phenoxy) is 1. The van der Waals surface area contributed by atoms with E-state index in [2.05, 4.69) is 17.1 Å². The Morgan fingerprint density at radius 1 is 1.12 bits per heavy atom. The monoisotopic (exact) mass is 326 g/mol. The summed E-state index contributed by atoms with van der Waals surface area (Å²) < 4.78 is 18.9. The van der Waals surface area contributed by atoms with Gasteiger partial charge in [0.15, 0.2) is 0 Å². The zero-order valence-electron chi connectivity index (χ0n) is 13.8. The van der Waals surface area contributed by atoms with Crippen molar-refractivity contribution in [2.75, 3.05) is 26.3 Å². The van der Waals surface area contributed by atoms with Crippen molar-refractivity contribution in [1.29, 1.82) is 0 Å². The number of allylic oxidation sites excluding steroid dienone is 1. The van der Waals surface area contributed by atoms with E-state index in [-0.39, 0.29) is 11.4 Å². The third-order valence-corrected chi connectivity index (χ3v) is 6.42. The minimum Gasteiger partial charge on any atom is -0.378 e. The third kappa shape index (κ3) is 2.08. The average Bonchev–Trinajstić information content (AvgIpc) is 3.32. The molecule has 0 aromatic heterocycles. The Morgan fingerprint density at radius 3 is 2.71 bits per heavy atom. The first-order valence-electron chi connectivity index (χ1n) is 9.11. The minimum absolute atomic E-state index is 0.00904. The second-order valence-corrected chi connectivity index (χ2v) is 7.54. The van der Waals surface area contributed by atoms with E-state index in [4.69, 9.17) is 9.73 Å². The lowest BCUT2D eigenvalue weighted by molar-refractivity contribution is 0.0674. The van der Waals surface area contributed by atoms with Crippen molar-refractivity contribution in [2.24, 2.45) is 16.8 Å². The number of amidine groups is 1. The fourth-order valence-corrected chi connectivity index (χ4v) is 5.36. The van der Waals surface area contributed by atoms with Crippen molar-refractivity contribution in [3.8, 4) is 0 Å². The molecule has 4 heteroatoms. The highest BCUT2D eigenvalue weighted by molar-refractivity contribution is 5.85. The van der Waals surface area contributed by atoms with Gasteiger partial charge in [0.25, 0.3) is 0 Å². The molecule has 0 amide bonds. The van der Waals surface area contributed by atoms with Crippen molar-refractivity contribution in [1.82, 2.24) is 4.90 Å². The van der Waals surface area contributed by atoms with Gasteiger partial charge in [0.05, 0.1) is 24.6 Å². The molecule has 2 bridgehead atoms. The van der Waals surface area contributed by atoms with Crippen molar-refractivity contribution in [3.63, 3.8) is 0 Å². The van der Waals surface area contributed by atoms with Crippen molar-refractivity contribution < 1.29 is 9.13 Å². The minimum atomic E-state index is -0.157. The van der Waals surface area contributed by atoms with Gasteiger partial charge in [-0.1, -0.05) is 24.3 Å². The summed E-state index contributed by atoms with van der Waals surface area (Å²) in [6, 6.07) is 7.14. The van der Waals surface area contributed by atoms with Gasteiger partial charge in [-0.3, -0.25) is 4.99 Å². The molecule has 1 aromatic carbocycles. The fourth-order valence-electron chi connectivity index (χ4n) is 5.36. The molecule has 4 unspecified atom stereocenters. The van der Waals surface area contributed by atoms with Gasteiger partial charge >= 0.3 is 0 Å². The average molecular weight is 326 g/mol. The quantitative estimate of drug-likeness (QED) is 0.739. The first-order valence-corrected chi connectivity index (χ1v) is 9.11. The molecule has 3 nitrogen and oxygen atoms in total. The number of halogens is 1. The Kier molecular flexibility index (Phi) is 3.30. The lowest BCUT2D eigenvalue weighted by atomic mass is 9.71. The topological polar surface area (TPSA) is 24.8 Å². The van der Waals surface area contributed by atoms with E-state index in [0.717, 1.165) is 39.1 Å². The highest BCUT2D eigenvalue weighted by Crippen LogP contribution is 2.60. The summed E-state index contributed by atoms with van der Waals surface area (Å²) in [4.78, 5) is 7.76. The molecule has 0 radical (unpaired) electrons. The molecule has 126 valence electrons. The number of rotatable bonds is 1. The van der Waals surface area contributed by atoms with E-state index in [1.165, 1.54) is 17.8 Å². The lowest BCUT2D eigenvalue weighted by Gasteiger charge is -2.37. The second kappa shape index (κ2) is 5.41. The van der Waals surface area contributed by atoms with Gasteiger partial charge in [-0.15, -0.1) is 0 Å². The predicted molar refractivity (Wildman–Crippen MR) is 91.7 cm³/mol. The Hall–Kier alpha value is -1.68. The van der Waals surface area contributed by atoms with Crippen LogP contribution in [0.4, 0.5) is 4.39 Å². The molecular weight excluding hydrogens is 303 g/mol. The zero-order valence-corrected chi connectivity index (χ0v) is 13.8. The van der Waals surface area contributed by atoms with Crippen LogP contribution in [0.15, 0.2) is 41.4 Å². The van der Waals surface area contributed by atoms with Crippen LogP contribution in [0, 0.1) is 17.7 Å². The molecule has 0 N–H and O–H groups in total. The summed E-state index contributed by atoms with van der Waals surface area (Å²) in [5.41, 5.74) is 1.24. The maximum Gasteiger partial charge on any atom is 0.123 e. The molecule has 2 fully saturated rings. The van der Waals surface area contributed by atoms with Crippen molar-refractivity contribution in [3.05, 3.63) is 47.8 Å². The molecule has 1 spiro atoms. The Labute approximate surface area is 142 Å². The van der Waals surface area contributed by atoms with Crippen LogP contribution in [0.1, 0.15) is 30.7 Å². The largest absolute Gasteiger partial charge is 0.378 e. The number of morpholine rings is 1. The Bertz CT molecular complexity index is 692. The van der Waals surface area contributed by atoms with Crippen LogP contribution in [0.3, 0.4) is 0 Å². The molecule has 2 heterocycles. The number of fused-ring (bicyclic) bond motifs is 3. The van der Waals surface area contributed by atoms with Gasteiger partial charge in [-0.2, -0.15) is 0 Å². The van der Waals surface area contributed by atoms with E-state index >= 15 is 0 Å². The van der Waals surface area contributed by atoms with Crippen LogP contribution < -0.4 is 0 Å². The molecule has 1 saturated carbocycles. The summed E-state index contributed by atoms with van der Waals surface area (Å²) in [6.45, 7) is 3.53. The van der Waals surface area contributed by atoms with Crippen LogP contribution >= 0.6 is 0 Å². The van der Waals surface area contributed by atoms with Gasteiger partial charge in [-0.25, -0.2) is 4.39 Å². The van der Waals surface area contributed by atoms with E-state index in [1.807, 2.05) is 12.1 Å². The van der Waals surface area contributed by atoms with Gasteiger partial charge in [0.1, 0.15) is 5.82 Å². The van der Waals surface area contributed by atoms with Crippen LogP contribution in [0.25, 0.3) is 0 Å². The van der Waals surface area contributed by atoms with E-state index in [0.29, 0.717) is 17.8 Å². The molecule has 5 rings (SSSR count). The predicted octanol–water partition coefficient (Wildman–Crippen LogP) is 3.38. The standard InChI is InChI=1S/C20H23FN2O/c21-17-5-2-14(3-6-17)19-15-1-4-16(13-15)20(19)8-7-18(22-20)23-9-11-24-12-10-23/h1-6,15-16,19H,7-13H2. The smallest absolute Gasteiger partial charge is 0.123 e. The summed E-state index contributed by atoms with van der Waals surface area (Å²) >= 11 is 0.